The van der Waals surface area contributed by atoms with Gasteiger partial charge in [0.15, 0.2) is 11.6 Å². The SMILES string of the molecule is CCN(CCN(C)c1ccnnc1N(C)C)c1nc2c(c(NC(CO)C(C)C)n1)[S+]([O-])CC2. The van der Waals surface area contributed by atoms with Crippen LogP contribution in [0.15, 0.2) is 17.2 Å². The lowest BCUT2D eigenvalue weighted by Gasteiger charge is -2.28. The molecule has 0 saturated heterocycles. The van der Waals surface area contributed by atoms with Crippen molar-refractivity contribution in [2.24, 2.45) is 5.92 Å². The minimum atomic E-state index is -1.12. The Morgan fingerprint density at radius 2 is 1.97 bits per heavy atom. The molecule has 0 saturated carbocycles. The van der Waals surface area contributed by atoms with Crippen molar-refractivity contribution >= 4 is 34.4 Å². The average Bonchev–Trinajstić information content (AvgIpc) is 3.18. The first-order valence-corrected chi connectivity index (χ1v) is 12.7. The highest BCUT2D eigenvalue weighted by molar-refractivity contribution is 7.91. The number of likely N-dealkylation sites (N-methyl/N-ethyl adjacent to an activating group) is 2. The Hall–Kier alpha value is -2.37. The molecule has 1 aliphatic heterocycles. The first-order chi connectivity index (χ1) is 15.8. The number of aromatic nitrogens is 4. The number of nitrogens with one attached hydrogen (secondary N) is 1. The van der Waals surface area contributed by atoms with Gasteiger partial charge in [-0.25, -0.2) is 4.98 Å². The van der Waals surface area contributed by atoms with Crippen molar-refractivity contribution in [1.29, 1.82) is 0 Å². The molecule has 0 amide bonds. The maximum absolute atomic E-state index is 12.6. The molecule has 0 radical (unpaired) electrons. The molecule has 3 rings (SSSR count). The minimum Gasteiger partial charge on any atom is -0.611 e. The Morgan fingerprint density at radius 1 is 1.21 bits per heavy atom. The van der Waals surface area contributed by atoms with Crippen LogP contribution in [0.2, 0.25) is 0 Å². The lowest BCUT2D eigenvalue weighted by atomic mass is 10.1. The molecule has 11 heteroatoms. The molecule has 0 fully saturated rings. The summed E-state index contributed by atoms with van der Waals surface area (Å²) in [7, 11) is 5.94. The fourth-order valence-electron chi connectivity index (χ4n) is 3.75. The van der Waals surface area contributed by atoms with Crippen LogP contribution in [0, 0.1) is 5.92 Å². The van der Waals surface area contributed by atoms with Crippen LogP contribution in [-0.2, 0) is 17.6 Å². The molecule has 2 aromatic heterocycles. The monoisotopic (exact) mass is 476 g/mol. The lowest BCUT2D eigenvalue weighted by Crippen LogP contribution is -2.36. The van der Waals surface area contributed by atoms with E-state index in [9.17, 15) is 9.66 Å². The van der Waals surface area contributed by atoms with Crippen LogP contribution in [0.3, 0.4) is 0 Å². The second-order valence-electron chi connectivity index (χ2n) is 8.76. The Balaban J connectivity index is 1.83. The highest BCUT2D eigenvalue weighted by Crippen LogP contribution is 2.33. The van der Waals surface area contributed by atoms with E-state index in [1.54, 1.807) is 6.20 Å². The quantitative estimate of drug-likeness (QED) is 0.461. The highest BCUT2D eigenvalue weighted by Gasteiger charge is 2.33. The third-order valence-corrected chi connectivity index (χ3v) is 7.34. The fraction of sp³-hybridized carbons (Fsp3) is 0.636. The molecule has 1 aliphatic rings. The predicted molar refractivity (Wildman–Crippen MR) is 134 cm³/mol. The van der Waals surface area contributed by atoms with Crippen molar-refractivity contribution in [1.82, 2.24) is 20.2 Å². The van der Waals surface area contributed by atoms with Gasteiger partial charge in [0, 0.05) is 47.2 Å². The molecule has 2 atom stereocenters. The van der Waals surface area contributed by atoms with Crippen LogP contribution in [-0.4, -0.2) is 89.0 Å². The van der Waals surface area contributed by atoms with Crippen molar-refractivity contribution in [3.05, 3.63) is 18.0 Å². The summed E-state index contributed by atoms with van der Waals surface area (Å²) >= 11 is -1.12. The molecule has 0 spiro atoms. The second-order valence-corrected chi connectivity index (χ2v) is 10.3. The topological polar surface area (TPSA) is 117 Å². The number of nitrogens with zero attached hydrogens (tertiary/aromatic N) is 7. The molecule has 0 aliphatic carbocycles. The van der Waals surface area contributed by atoms with E-state index in [0.29, 0.717) is 35.4 Å². The molecule has 2 unspecified atom stereocenters. The number of aryl methyl sites for hydroxylation is 1. The second kappa shape index (κ2) is 11.2. The number of fused-ring (bicyclic) bond motifs is 1. The molecule has 10 nitrogen and oxygen atoms in total. The number of rotatable bonds is 11. The van der Waals surface area contributed by atoms with Crippen LogP contribution in [0.1, 0.15) is 26.5 Å². The average molecular weight is 477 g/mol. The molecule has 0 bridgehead atoms. The Labute approximate surface area is 199 Å². The van der Waals surface area contributed by atoms with Crippen LogP contribution >= 0.6 is 0 Å². The summed E-state index contributed by atoms with van der Waals surface area (Å²) in [5.41, 5.74) is 1.84. The minimum absolute atomic E-state index is 0.0190. The molecular weight excluding hydrogens is 440 g/mol. The van der Waals surface area contributed by atoms with Gasteiger partial charge in [0.05, 0.1) is 24.5 Å². The van der Waals surface area contributed by atoms with Crippen LogP contribution in [0.5, 0.6) is 0 Å². The first kappa shape index (κ1) is 25.3. The first-order valence-electron chi connectivity index (χ1n) is 11.4. The van der Waals surface area contributed by atoms with E-state index in [1.807, 2.05) is 46.0 Å². The number of aliphatic hydroxyl groups is 1. The van der Waals surface area contributed by atoms with Gasteiger partial charge >= 0.3 is 0 Å². The maximum Gasteiger partial charge on any atom is 0.227 e. The van der Waals surface area contributed by atoms with E-state index in [0.717, 1.165) is 30.3 Å². The number of hydrogen-bond donors (Lipinski definition) is 2. The molecule has 0 aromatic carbocycles. The molecule has 2 aromatic rings. The van der Waals surface area contributed by atoms with Crippen molar-refractivity contribution in [2.45, 2.75) is 38.1 Å². The number of hydrogen-bond acceptors (Lipinski definition) is 10. The van der Waals surface area contributed by atoms with Gasteiger partial charge in [-0.1, -0.05) is 13.8 Å². The molecule has 2 N–H and O–H groups in total. The van der Waals surface area contributed by atoms with Crippen LogP contribution < -0.4 is 20.0 Å². The zero-order valence-corrected chi connectivity index (χ0v) is 21.3. The van der Waals surface area contributed by atoms with E-state index in [-0.39, 0.29) is 18.6 Å². The van der Waals surface area contributed by atoms with Gasteiger partial charge in [-0.2, -0.15) is 10.1 Å². The van der Waals surface area contributed by atoms with Gasteiger partial charge in [0.1, 0.15) is 11.4 Å². The Kier molecular flexibility index (Phi) is 8.55. The van der Waals surface area contributed by atoms with E-state index < -0.39 is 11.2 Å². The summed E-state index contributed by atoms with van der Waals surface area (Å²) in [6, 6.07) is 1.79. The predicted octanol–water partition coefficient (Wildman–Crippen LogP) is 1.39. The molecule has 182 valence electrons. The third kappa shape index (κ3) is 5.77. The Bertz CT molecular complexity index is 929. The molecule has 33 heavy (non-hydrogen) atoms. The zero-order valence-electron chi connectivity index (χ0n) is 20.4. The smallest absolute Gasteiger partial charge is 0.227 e. The maximum atomic E-state index is 12.6. The summed E-state index contributed by atoms with van der Waals surface area (Å²) in [4.78, 5) is 16.5. The van der Waals surface area contributed by atoms with Gasteiger partial charge in [-0.05, 0) is 30.1 Å². The summed E-state index contributed by atoms with van der Waals surface area (Å²) in [5, 5.41) is 21.4. The number of anilines is 4. The van der Waals surface area contributed by atoms with Crippen LogP contribution in [0.25, 0.3) is 0 Å². The summed E-state index contributed by atoms with van der Waals surface area (Å²) < 4.78 is 12.6. The summed E-state index contributed by atoms with van der Waals surface area (Å²) in [6.45, 7) is 8.31. The van der Waals surface area contributed by atoms with E-state index in [2.05, 4.69) is 32.2 Å². The van der Waals surface area contributed by atoms with Crippen molar-refractivity contribution in [3.8, 4) is 0 Å². The van der Waals surface area contributed by atoms with Gasteiger partial charge in [-0.3, -0.25) is 0 Å². The van der Waals surface area contributed by atoms with Gasteiger partial charge < -0.3 is 29.7 Å². The van der Waals surface area contributed by atoms with Gasteiger partial charge in [-0.15, -0.1) is 5.10 Å². The van der Waals surface area contributed by atoms with Gasteiger partial charge in [0.2, 0.25) is 10.8 Å². The molecular formula is C22H36N8O2S. The van der Waals surface area contributed by atoms with Crippen LogP contribution in [0.4, 0.5) is 23.3 Å². The fourth-order valence-corrected chi connectivity index (χ4v) is 5.06. The third-order valence-electron chi connectivity index (χ3n) is 5.88. The standard InChI is InChI=1S/C22H36N8O2S/c1-7-30(12-11-29(6)18-8-10-23-27-21(18)28(4)5)22-25-16-9-13-33(32)19(16)20(26-22)24-17(14-31)15(2)3/h8,10,15,17,31H,7,9,11-14H2,1-6H3,(H,24,25,26). The van der Waals surface area contributed by atoms with Gasteiger partial charge in [0.25, 0.3) is 0 Å². The lowest BCUT2D eigenvalue weighted by molar-refractivity contribution is 0.248. The zero-order chi connectivity index (χ0) is 24.1. The normalized spacial score (nSPS) is 16.0. The van der Waals surface area contributed by atoms with E-state index in [4.69, 9.17) is 9.97 Å². The number of aliphatic hydroxyl groups excluding tert-OH is 1. The van der Waals surface area contributed by atoms with E-state index >= 15 is 0 Å². The summed E-state index contributed by atoms with van der Waals surface area (Å²) in [6.07, 6.45) is 2.37. The van der Waals surface area contributed by atoms with Crippen molar-refractivity contribution < 1.29 is 9.66 Å². The van der Waals surface area contributed by atoms with Crippen molar-refractivity contribution in [2.75, 3.05) is 73.2 Å². The van der Waals surface area contributed by atoms with Crippen molar-refractivity contribution in [3.63, 3.8) is 0 Å². The summed E-state index contributed by atoms with van der Waals surface area (Å²) in [5.74, 6) is 2.78. The highest BCUT2D eigenvalue weighted by atomic mass is 32.2. The molecule has 3 heterocycles. The van der Waals surface area contributed by atoms with E-state index in [1.165, 1.54) is 0 Å². The Morgan fingerprint density at radius 3 is 2.61 bits per heavy atom. The largest absolute Gasteiger partial charge is 0.611 e.